The molecule has 0 amide bonds. The Balaban J connectivity index is 1.37. The molecule has 3 saturated carbocycles. The summed E-state index contributed by atoms with van der Waals surface area (Å²) >= 11 is 0. The molecule has 1 heterocycles. The lowest BCUT2D eigenvalue weighted by molar-refractivity contribution is -0.171. The predicted molar refractivity (Wildman–Crippen MR) is 93.6 cm³/mol. The monoisotopic (exact) mass is 319 g/mol. The van der Waals surface area contributed by atoms with Gasteiger partial charge < -0.3 is 15.4 Å². The molecule has 4 rings (SSSR count). The van der Waals surface area contributed by atoms with Crippen LogP contribution in [-0.4, -0.2) is 37.8 Å². The van der Waals surface area contributed by atoms with Crippen LogP contribution in [0.15, 0.2) is 4.99 Å². The Kier molecular flexibility index (Phi) is 4.29. The lowest BCUT2D eigenvalue weighted by atomic mass is 9.46. The van der Waals surface area contributed by atoms with Crippen molar-refractivity contribution < 1.29 is 4.74 Å². The minimum absolute atomic E-state index is 0.428. The van der Waals surface area contributed by atoms with Gasteiger partial charge in [-0.3, -0.25) is 4.99 Å². The molecule has 5 unspecified atom stereocenters. The third kappa shape index (κ3) is 2.57. The van der Waals surface area contributed by atoms with Crippen molar-refractivity contribution in [1.82, 2.24) is 10.6 Å². The first-order chi connectivity index (χ1) is 11.3. The SMILES string of the molecule is CCC1CCCC(NC(=NC)NC2C3CCOC3C23CCC3)C1. The lowest BCUT2D eigenvalue weighted by Gasteiger charge is -2.63. The zero-order valence-corrected chi connectivity index (χ0v) is 14.8. The van der Waals surface area contributed by atoms with Gasteiger partial charge in [0.15, 0.2) is 5.96 Å². The van der Waals surface area contributed by atoms with Gasteiger partial charge in [0.25, 0.3) is 0 Å². The van der Waals surface area contributed by atoms with Gasteiger partial charge in [-0.05, 0) is 38.0 Å². The molecule has 5 atom stereocenters. The van der Waals surface area contributed by atoms with Crippen LogP contribution in [0.2, 0.25) is 0 Å². The summed E-state index contributed by atoms with van der Waals surface area (Å²) in [5.41, 5.74) is 0.428. The molecule has 0 bridgehead atoms. The predicted octanol–water partition coefficient (Wildman–Crippen LogP) is 3.08. The van der Waals surface area contributed by atoms with Crippen molar-refractivity contribution in [3.05, 3.63) is 0 Å². The Morgan fingerprint density at radius 3 is 2.74 bits per heavy atom. The van der Waals surface area contributed by atoms with Crippen molar-refractivity contribution in [3.63, 3.8) is 0 Å². The second-order valence-electron chi connectivity index (χ2n) is 8.31. The van der Waals surface area contributed by atoms with E-state index in [9.17, 15) is 0 Å². The molecule has 1 spiro atoms. The van der Waals surface area contributed by atoms with Crippen LogP contribution in [0.1, 0.15) is 64.7 Å². The highest BCUT2D eigenvalue weighted by atomic mass is 16.5. The summed E-state index contributed by atoms with van der Waals surface area (Å²) in [5.74, 6) is 2.64. The van der Waals surface area contributed by atoms with Crippen LogP contribution in [0.25, 0.3) is 0 Å². The Labute approximate surface area is 140 Å². The van der Waals surface area contributed by atoms with E-state index in [2.05, 4.69) is 22.5 Å². The number of rotatable bonds is 3. The minimum atomic E-state index is 0.428. The Bertz CT molecular complexity index is 460. The van der Waals surface area contributed by atoms with Crippen molar-refractivity contribution in [2.24, 2.45) is 22.2 Å². The van der Waals surface area contributed by atoms with Crippen molar-refractivity contribution in [3.8, 4) is 0 Å². The molecule has 0 aromatic rings. The van der Waals surface area contributed by atoms with Crippen molar-refractivity contribution in [1.29, 1.82) is 0 Å². The highest BCUT2D eigenvalue weighted by molar-refractivity contribution is 5.80. The zero-order chi connectivity index (χ0) is 15.9. The van der Waals surface area contributed by atoms with E-state index in [1.807, 2.05) is 7.05 Å². The second kappa shape index (κ2) is 6.27. The summed E-state index contributed by atoms with van der Waals surface area (Å²) in [7, 11) is 1.92. The summed E-state index contributed by atoms with van der Waals surface area (Å²) in [4.78, 5) is 4.55. The van der Waals surface area contributed by atoms with E-state index in [4.69, 9.17) is 4.74 Å². The van der Waals surface area contributed by atoms with Crippen LogP contribution >= 0.6 is 0 Å². The van der Waals surface area contributed by atoms with Crippen LogP contribution in [-0.2, 0) is 4.74 Å². The van der Waals surface area contributed by atoms with Gasteiger partial charge in [-0.2, -0.15) is 0 Å². The largest absolute Gasteiger partial charge is 0.377 e. The second-order valence-corrected chi connectivity index (χ2v) is 8.31. The average molecular weight is 319 g/mol. The molecule has 2 N–H and O–H groups in total. The summed E-state index contributed by atoms with van der Waals surface area (Å²) in [6.45, 7) is 3.29. The molecule has 4 heteroatoms. The third-order valence-electron chi connectivity index (χ3n) is 7.25. The van der Waals surface area contributed by atoms with Crippen LogP contribution in [0.5, 0.6) is 0 Å². The van der Waals surface area contributed by atoms with Crippen LogP contribution < -0.4 is 10.6 Å². The Hall–Kier alpha value is -0.770. The summed E-state index contributed by atoms with van der Waals surface area (Å²) in [6.07, 6.45) is 12.5. The quantitative estimate of drug-likeness (QED) is 0.621. The highest BCUT2D eigenvalue weighted by Crippen LogP contribution is 2.62. The highest BCUT2D eigenvalue weighted by Gasteiger charge is 2.66. The van der Waals surface area contributed by atoms with Crippen LogP contribution in [0.4, 0.5) is 0 Å². The van der Waals surface area contributed by atoms with E-state index in [0.29, 0.717) is 29.5 Å². The van der Waals surface area contributed by atoms with Gasteiger partial charge in [0.05, 0.1) is 6.10 Å². The van der Waals surface area contributed by atoms with E-state index in [0.717, 1.165) is 18.5 Å². The van der Waals surface area contributed by atoms with Gasteiger partial charge in [-0.25, -0.2) is 0 Å². The molecule has 1 saturated heterocycles. The molecule has 3 aliphatic carbocycles. The van der Waals surface area contributed by atoms with Crippen molar-refractivity contribution in [2.75, 3.05) is 13.7 Å². The van der Waals surface area contributed by atoms with Crippen LogP contribution in [0.3, 0.4) is 0 Å². The van der Waals surface area contributed by atoms with E-state index in [-0.39, 0.29) is 0 Å². The molecule has 23 heavy (non-hydrogen) atoms. The van der Waals surface area contributed by atoms with Crippen molar-refractivity contribution in [2.45, 2.75) is 82.9 Å². The lowest BCUT2D eigenvalue weighted by Crippen LogP contribution is -2.72. The van der Waals surface area contributed by atoms with Gasteiger partial charge in [0.1, 0.15) is 0 Å². The first-order valence-corrected chi connectivity index (χ1v) is 9.88. The number of aliphatic imine (C=N–C) groups is 1. The Morgan fingerprint density at radius 2 is 2.04 bits per heavy atom. The number of nitrogens with one attached hydrogen (secondary N) is 2. The van der Waals surface area contributed by atoms with Gasteiger partial charge >= 0.3 is 0 Å². The van der Waals surface area contributed by atoms with Crippen LogP contribution in [0, 0.1) is 17.3 Å². The molecule has 0 aromatic heterocycles. The topological polar surface area (TPSA) is 45.7 Å². The minimum Gasteiger partial charge on any atom is -0.377 e. The van der Waals surface area contributed by atoms with Gasteiger partial charge in [-0.1, -0.05) is 32.6 Å². The number of nitrogens with zero attached hydrogens (tertiary/aromatic N) is 1. The normalized spacial score (nSPS) is 41.8. The van der Waals surface area contributed by atoms with E-state index >= 15 is 0 Å². The number of ether oxygens (including phenoxy) is 1. The maximum atomic E-state index is 6.03. The molecule has 0 aromatic carbocycles. The van der Waals surface area contributed by atoms with Crippen molar-refractivity contribution >= 4 is 5.96 Å². The third-order valence-corrected chi connectivity index (χ3v) is 7.25. The number of hydrogen-bond donors (Lipinski definition) is 2. The van der Waals surface area contributed by atoms with Gasteiger partial charge in [0, 0.05) is 37.1 Å². The number of guanidine groups is 1. The van der Waals surface area contributed by atoms with E-state index in [1.165, 1.54) is 57.8 Å². The first-order valence-electron chi connectivity index (χ1n) is 9.88. The number of hydrogen-bond acceptors (Lipinski definition) is 2. The molecule has 0 radical (unpaired) electrons. The van der Waals surface area contributed by atoms with Gasteiger partial charge in [-0.15, -0.1) is 0 Å². The van der Waals surface area contributed by atoms with E-state index in [1.54, 1.807) is 0 Å². The Morgan fingerprint density at radius 1 is 1.17 bits per heavy atom. The summed E-state index contributed by atoms with van der Waals surface area (Å²) in [5, 5.41) is 7.54. The molecule has 4 fully saturated rings. The van der Waals surface area contributed by atoms with Gasteiger partial charge in [0.2, 0.25) is 0 Å². The maximum absolute atomic E-state index is 6.03. The standard InChI is InChI=1S/C19H33N3O/c1-3-13-6-4-7-14(12-13)21-18(20-2)22-16-15-8-11-23-17(15)19(16)9-5-10-19/h13-17H,3-12H2,1-2H3,(H2,20,21,22). The molecular weight excluding hydrogens is 286 g/mol. The number of fused-ring (bicyclic) bond motifs is 2. The molecule has 4 aliphatic rings. The zero-order valence-electron chi connectivity index (χ0n) is 14.8. The molecule has 1 aliphatic heterocycles. The fraction of sp³-hybridized carbons (Fsp3) is 0.947. The average Bonchev–Trinajstić information content (AvgIpc) is 2.95. The smallest absolute Gasteiger partial charge is 0.191 e. The van der Waals surface area contributed by atoms with E-state index < -0.39 is 0 Å². The first kappa shape index (κ1) is 15.7. The summed E-state index contributed by atoms with van der Waals surface area (Å²) in [6, 6.07) is 1.19. The maximum Gasteiger partial charge on any atom is 0.191 e. The summed E-state index contributed by atoms with van der Waals surface area (Å²) < 4.78 is 6.03. The molecule has 130 valence electrons. The fourth-order valence-corrected chi connectivity index (χ4v) is 5.76. The molecular formula is C19H33N3O. The fourth-order valence-electron chi connectivity index (χ4n) is 5.76. The molecule has 4 nitrogen and oxygen atoms in total.